The van der Waals surface area contributed by atoms with Gasteiger partial charge in [-0.1, -0.05) is 31.2 Å². The Balaban J connectivity index is 2.59. The number of rotatable bonds is 6. The van der Waals surface area contributed by atoms with Gasteiger partial charge in [-0.2, -0.15) is 0 Å². The molecule has 3 N–H and O–H groups in total. The molecule has 0 saturated heterocycles. The summed E-state index contributed by atoms with van der Waals surface area (Å²) < 4.78 is 25.2. The Morgan fingerprint density at radius 3 is 2.29 bits per heavy atom. The zero-order chi connectivity index (χ0) is 12.9. The molecule has 0 atom stereocenters. The van der Waals surface area contributed by atoms with E-state index in [-0.39, 0.29) is 12.3 Å². The zero-order valence-corrected chi connectivity index (χ0v) is 10.4. The van der Waals surface area contributed by atoms with E-state index in [0.29, 0.717) is 11.9 Å². The maximum absolute atomic E-state index is 11.4. The molecule has 0 aliphatic rings. The van der Waals surface area contributed by atoms with E-state index >= 15 is 0 Å². The van der Waals surface area contributed by atoms with E-state index in [1.807, 2.05) is 0 Å². The van der Waals surface area contributed by atoms with Crippen molar-refractivity contribution in [3.8, 4) is 0 Å². The SMILES string of the molecule is CCCS(=O)(=O)NCc1ccc(B(O)O)cc1. The molecule has 0 aliphatic carbocycles. The lowest BCUT2D eigenvalue weighted by Gasteiger charge is -2.06. The topological polar surface area (TPSA) is 86.6 Å². The fraction of sp³-hybridized carbons (Fsp3) is 0.400. The molecule has 0 fully saturated rings. The summed E-state index contributed by atoms with van der Waals surface area (Å²) in [6.07, 6.45) is 0.574. The maximum Gasteiger partial charge on any atom is 0.488 e. The molecule has 7 heteroatoms. The van der Waals surface area contributed by atoms with Crippen molar-refractivity contribution >= 4 is 22.6 Å². The van der Waals surface area contributed by atoms with Crippen LogP contribution in [0.25, 0.3) is 0 Å². The van der Waals surface area contributed by atoms with Crippen molar-refractivity contribution < 1.29 is 18.5 Å². The second-order valence-electron chi connectivity index (χ2n) is 3.76. The largest absolute Gasteiger partial charge is 0.488 e. The van der Waals surface area contributed by atoms with Crippen LogP contribution in [0.1, 0.15) is 18.9 Å². The summed E-state index contributed by atoms with van der Waals surface area (Å²) in [5, 5.41) is 17.8. The smallest absolute Gasteiger partial charge is 0.423 e. The highest BCUT2D eigenvalue weighted by Gasteiger charge is 2.11. The third-order valence-electron chi connectivity index (χ3n) is 2.25. The van der Waals surface area contributed by atoms with Gasteiger partial charge < -0.3 is 10.0 Å². The molecule has 17 heavy (non-hydrogen) atoms. The van der Waals surface area contributed by atoms with Gasteiger partial charge in [0.25, 0.3) is 0 Å². The van der Waals surface area contributed by atoms with Crippen LogP contribution in [0, 0.1) is 0 Å². The van der Waals surface area contributed by atoms with E-state index in [4.69, 9.17) is 10.0 Å². The first-order valence-electron chi connectivity index (χ1n) is 5.37. The van der Waals surface area contributed by atoms with E-state index < -0.39 is 17.1 Å². The molecule has 0 bridgehead atoms. The normalized spacial score (nSPS) is 11.5. The Hall–Kier alpha value is -0.885. The zero-order valence-electron chi connectivity index (χ0n) is 9.63. The summed E-state index contributed by atoms with van der Waals surface area (Å²) >= 11 is 0. The van der Waals surface area contributed by atoms with Crippen molar-refractivity contribution in [1.29, 1.82) is 0 Å². The van der Waals surface area contributed by atoms with E-state index in [1.165, 1.54) is 0 Å². The molecule has 0 radical (unpaired) electrons. The van der Waals surface area contributed by atoms with Gasteiger partial charge in [0.15, 0.2) is 0 Å². The first kappa shape index (κ1) is 14.2. The summed E-state index contributed by atoms with van der Waals surface area (Å²) in [7, 11) is -4.70. The van der Waals surface area contributed by atoms with Crippen LogP contribution in [0.5, 0.6) is 0 Å². The average Bonchev–Trinajstić information content (AvgIpc) is 2.27. The summed E-state index contributed by atoms with van der Waals surface area (Å²) in [4.78, 5) is 0. The second kappa shape index (κ2) is 6.16. The molecular formula is C10H16BNO4S. The molecule has 0 heterocycles. The third kappa shape index (κ3) is 4.87. The van der Waals surface area contributed by atoms with Gasteiger partial charge in [0.2, 0.25) is 10.0 Å². The Morgan fingerprint density at radius 1 is 1.24 bits per heavy atom. The minimum atomic E-state index is -3.21. The number of benzene rings is 1. The molecule has 0 spiro atoms. The Bertz CT molecular complexity index is 444. The van der Waals surface area contributed by atoms with Crippen molar-refractivity contribution in [2.45, 2.75) is 19.9 Å². The summed E-state index contributed by atoms with van der Waals surface area (Å²) in [5.74, 6) is 0.112. The van der Waals surface area contributed by atoms with Crippen LogP contribution in [0.2, 0.25) is 0 Å². The lowest BCUT2D eigenvalue weighted by Crippen LogP contribution is -2.30. The number of hydrogen-bond acceptors (Lipinski definition) is 4. The molecule has 1 aromatic carbocycles. The van der Waals surface area contributed by atoms with Gasteiger partial charge in [0.05, 0.1) is 5.75 Å². The molecule has 94 valence electrons. The predicted molar refractivity (Wildman–Crippen MR) is 67.2 cm³/mol. The van der Waals surface area contributed by atoms with Crippen LogP contribution in [-0.4, -0.2) is 31.3 Å². The van der Waals surface area contributed by atoms with E-state index in [1.54, 1.807) is 31.2 Å². The molecule has 1 rings (SSSR count). The van der Waals surface area contributed by atoms with Crippen LogP contribution in [-0.2, 0) is 16.6 Å². The quantitative estimate of drug-likeness (QED) is 0.582. The van der Waals surface area contributed by atoms with Crippen LogP contribution in [0.3, 0.4) is 0 Å². The molecule has 0 unspecified atom stereocenters. The van der Waals surface area contributed by atoms with Crippen molar-refractivity contribution in [1.82, 2.24) is 4.72 Å². The monoisotopic (exact) mass is 257 g/mol. The highest BCUT2D eigenvalue weighted by molar-refractivity contribution is 7.89. The van der Waals surface area contributed by atoms with Gasteiger partial charge in [0.1, 0.15) is 0 Å². The van der Waals surface area contributed by atoms with Crippen molar-refractivity contribution in [2.75, 3.05) is 5.75 Å². The van der Waals surface area contributed by atoms with Gasteiger partial charge in [-0.05, 0) is 17.4 Å². The summed E-state index contributed by atoms with van der Waals surface area (Å²) in [5.41, 5.74) is 1.15. The molecule has 0 amide bonds. The molecule has 0 aliphatic heterocycles. The minimum Gasteiger partial charge on any atom is -0.423 e. The van der Waals surface area contributed by atoms with Crippen molar-refractivity contribution in [2.24, 2.45) is 0 Å². The van der Waals surface area contributed by atoms with Gasteiger partial charge in [-0.25, -0.2) is 13.1 Å². The fourth-order valence-electron chi connectivity index (χ4n) is 1.34. The molecule has 5 nitrogen and oxygen atoms in total. The lowest BCUT2D eigenvalue weighted by molar-refractivity contribution is 0.426. The predicted octanol–water partition coefficient (Wildman–Crippen LogP) is -0.804. The van der Waals surface area contributed by atoms with Gasteiger partial charge in [0, 0.05) is 6.54 Å². The first-order valence-corrected chi connectivity index (χ1v) is 7.02. The highest BCUT2D eigenvalue weighted by atomic mass is 32.2. The first-order chi connectivity index (χ1) is 7.94. The summed E-state index contributed by atoms with van der Waals surface area (Å²) in [6, 6.07) is 6.41. The lowest BCUT2D eigenvalue weighted by atomic mass is 9.80. The van der Waals surface area contributed by atoms with E-state index in [2.05, 4.69) is 4.72 Å². The van der Waals surface area contributed by atoms with E-state index in [9.17, 15) is 8.42 Å². The minimum absolute atomic E-state index is 0.112. The van der Waals surface area contributed by atoms with Gasteiger partial charge in [-0.3, -0.25) is 0 Å². The Kier molecular flexibility index (Phi) is 5.13. The Labute approximate surface area is 102 Å². The van der Waals surface area contributed by atoms with Crippen LogP contribution >= 0.6 is 0 Å². The van der Waals surface area contributed by atoms with Crippen molar-refractivity contribution in [3.63, 3.8) is 0 Å². The third-order valence-corrected chi connectivity index (χ3v) is 3.78. The highest BCUT2D eigenvalue weighted by Crippen LogP contribution is 1.99. The Morgan fingerprint density at radius 2 is 1.82 bits per heavy atom. The fourth-order valence-corrected chi connectivity index (χ4v) is 2.41. The average molecular weight is 257 g/mol. The van der Waals surface area contributed by atoms with Crippen molar-refractivity contribution in [3.05, 3.63) is 29.8 Å². The molecule has 0 saturated carbocycles. The van der Waals surface area contributed by atoms with Gasteiger partial charge >= 0.3 is 7.12 Å². The van der Waals surface area contributed by atoms with Gasteiger partial charge in [-0.15, -0.1) is 0 Å². The number of sulfonamides is 1. The molecule has 1 aromatic rings. The van der Waals surface area contributed by atoms with E-state index in [0.717, 1.165) is 5.56 Å². The summed E-state index contributed by atoms with van der Waals surface area (Å²) in [6.45, 7) is 2.01. The van der Waals surface area contributed by atoms with Crippen LogP contribution in [0.15, 0.2) is 24.3 Å². The number of hydrogen-bond donors (Lipinski definition) is 3. The maximum atomic E-state index is 11.4. The molecular weight excluding hydrogens is 241 g/mol. The van der Waals surface area contributed by atoms with Crippen LogP contribution in [0.4, 0.5) is 0 Å². The van der Waals surface area contributed by atoms with Crippen LogP contribution < -0.4 is 10.2 Å². The number of nitrogens with one attached hydrogen (secondary N) is 1. The standard InChI is InChI=1S/C10H16BNO4S/c1-2-7-17(15,16)12-8-9-3-5-10(6-4-9)11(13)14/h3-6,12-14H,2,7-8H2,1H3. The second-order valence-corrected chi connectivity index (χ2v) is 5.68. The molecule has 0 aromatic heterocycles.